The fraction of sp³-hybridized carbons (Fsp3) is 0.500. The third-order valence-electron chi connectivity index (χ3n) is 3.99. The van der Waals surface area contributed by atoms with Crippen LogP contribution in [0.1, 0.15) is 26.8 Å². The van der Waals surface area contributed by atoms with Gasteiger partial charge in [-0.2, -0.15) is 0 Å². The molecule has 1 saturated heterocycles. The molecule has 0 atom stereocenters. The molecule has 2 aromatic heterocycles. The zero-order chi connectivity index (χ0) is 16.9. The van der Waals surface area contributed by atoms with Crippen molar-refractivity contribution in [3.63, 3.8) is 0 Å². The number of methoxy groups -OCH3 is 1. The molecule has 0 spiro atoms. The van der Waals surface area contributed by atoms with Crippen molar-refractivity contribution in [1.82, 2.24) is 25.0 Å². The predicted molar refractivity (Wildman–Crippen MR) is 91.2 cm³/mol. The fourth-order valence-electron chi connectivity index (χ4n) is 2.76. The molecule has 128 valence electrons. The van der Waals surface area contributed by atoms with E-state index in [4.69, 9.17) is 4.74 Å². The number of amides is 1. The highest BCUT2D eigenvalue weighted by atomic mass is 32.1. The molecule has 0 radical (unpaired) electrons. The molecule has 0 N–H and O–H groups in total. The van der Waals surface area contributed by atoms with E-state index >= 15 is 0 Å². The summed E-state index contributed by atoms with van der Waals surface area (Å²) >= 11 is 1.63. The highest BCUT2D eigenvalue weighted by Crippen LogP contribution is 2.15. The molecule has 1 amide bonds. The van der Waals surface area contributed by atoms with Gasteiger partial charge in [0.25, 0.3) is 5.91 Å². The monoisotopic (exact) mass is 347 g/mol. The summed E-state index contributed by atoms with van der Waals surface area (Å²) in [5, 5.41) is 10.3. The van der Waals surface area contributed by atoms with Gasteiger partial charge in [-0.15, -0.1) is 21.5 Å². The first kappa shape index (κ1) is 16.8. The third-order valence-corrected chi connectivity index (χ3v) is 4.82. The summed E-state index contributed by atoms with van der Waals surface area (Å²) < 4.78 is 5.10. The second-order valence-electron chi connectivity index (χ2n) is 5.72. The van der Waals surface area contributed by atoms with Gasteiger partial charge in [0.2, 0.25) is 5.88 Å². The maximum absolute atomic E-state index is 12.7. The lowest BCUT2D eigenvalue weighted by Gasteiger charge is -2.21. The molecule has 8 heteroatoms. The standard InChI is InChI=1S/C16H21N5O2S/c1-12-18-19-15(24-12)11-20-6-3-7-21(9-8-20)16(22)13-4-5-17-14(10-13)23-2/h4-5,10H,3,6-9,11H2,1-2H3. The van der Waals surface area contributed by atoms with Gasteiger partial charge in [-0.1, -0.05) is 0 Å². The fourth-order valence-corrected chi connectivity index (χ4v) is 3.51. The van der Waals surface area contributed by atoms with Gasteiger partial charge in [0, 0.05) is 44.0 Å². The molecule has 24 heavy (non-hydrogen) atoms. The first-order valence-corrected chi connectivity index (χ1v) is 8.78. The molecule has 1 aliphatic rings. The number of pyridine rings is 1. The molecule has 0 saturated carbocycles. The predicted octanol–water partition coefficient (Wildman–Crippen LogP) is 1.60. The van der Waals surface area contributed by atoms with Crippen molar-refractivity contribution in [2.45, 2.75) is 19.9 Å². The van der Waals surface area contributed by atoms with Gasteiger partial charge in [-0.25, -0.2) is 4.98 Å². The number of nitrogens with zero attached hydrogens (tertiary/aromatic N) is 5. The molecule has 3 rings (SSSR count). The Kier molecular flexibility index (Phi) is 5.37. The third kappa shape index (κ3) is 4.07. The van der Waals surface area contributed by atoms with Gasteiger partial charge in [-0.05, 0) is 19.4 Å². The normalized spacial score (nSPS) is 16.0. The molecule has 7 nitrogen and oxygen atoms in total. The van der Waals surface area contributed by atoms with Crippen LogP contribution in [0.5, 0.6) is 5.88 Å². The molecule has 3 heterocycles. The van der Waals surface area contributed by atoms with Crippen LogP contribution in [0.15, 0.2) is 18.3 Å². The molecule has 2 aromatic rings. The van der Waals surface area contributed by atoms with Crippen molar-refractivity contribution >= 4 is 17.2 Å². The van der Waals surface area contributed by atoms with E-state index in [-0.39, 0.29) is 5.91 Å². The summed E-state index contributed by atoms with van der Waals surface area (Å²) in [5.41, 5.74) is 0.620. The number of hydrogen-bond acceptors (Lipinski definition) is 7. The van der Waals surface area contributed by atoms with E-state index in [2.05, 4.69) is 20.1 Å². The number of carbonyl (C=O) groups is 1. The van der Waals surface area contributed by atoms with Crippen LogP contribution < -0.4 is 4.74 Å². The van der Waals surface area contributed by atoms with Crippen molar-refractivity contribution in [3.8, 4) is 5.88 Å². The van der Waals surface area contributed by atoms with E-state index in [1.807, 2.05) is 11.8 Å². The molecule has 1 aliphatic heterocycles. The highest BCUT2D eigenvalue weighted by molar-refractivity contribution is 7.11. The molecule has 0 aliphatic carbocycles. The highest BCUT2D eigenvalue weighted by Gasteiger charge is 2.21. The van der Waals surface area contributed by atoms with E-state index in [9.17, 15) is 4.79 Å². The summed E-state index contributed by atoms with van der Waals surface area (Å²) in [4.78, 5) is 21.0. The zero-order valence-corrected chi connectivity index (χ0v) is 14.8. The number of ether oxygens (including phenoxy) is 1. The summed E-state index contributed by atoms with van der Waals surface area (Å²) in [7, 11) is 1.55. The van der Waals surface area contributed by atoms with Crippen LogP contribution in [0.25, 0.3) is 0 Å². The number of hydrogen-bond donors (Lipinski definition) is 0. The van der Waals surface area contributed by atoms with Gasteiger partial charge in [0.1, 0.15) is 10.0 Å². The Morgan fingerprint density at radius 2 is 2.17 bits per heavy atom. The van der Waals surface area contributed by atoms with Crippen LogP contribution in [0.3, 0.4) is 0 Å². The van der Waals surface area contributed by atoms with Crippen LogP contribution in [0.2, 0.25) is 0 Å². The second-order valence-corrected chi connectivity index (χ2v) is 6.99. The lowest BCUT2D eigenvalue weighted by atomic mass is 10.2. The van der Waals surface area contributed by atoms with Crippen molar-refractivity contribution in [1.29, 1.82) is 0 Å². The van der Waals surface area contributed by atoms with E-state index in [0.29, 0.717) is 18.0 Å². The van der Waals surface area contributed by atoms with Gasteiger partial charge in [0.15, 0.2) is 0 Å². The Labute approximate surface area is 145 Å². The average Bonchev–Trinajstić information content (AvgIpc) is 2.87. The van der Waals surface area contributed by atoms with E-state index in [0.717, 1.165) is 42.6 Å². The quantitative estimate of drug-likeness (QED) is 0.837. The number of aryl methyl sites for hydroxylation is 1. The Bertz CT molecular complexity index is 705. The van der Waals surface area contributed by atoms with Gasteiger partial charge < -0.3 is 9.64 Å². The number of aromatic nitrogens is 3. The van der Waals surface area contributed by atoms with Gasteiger partial charge >= 0.3 is 0 Å². The van der Waals surface area contributed by atoms with Crippen molar-refractivity contribution in [3.05, 3.63) is 33.9 Å². The topological polar surface area (TPSA) is 71.5 Å². The van der Waals surface area contributed by atoms with E-state index in [1.165, 1.54) is 0 Å². The summed E-state index contributed by atoms with van der Waals surface area (Å²) in [6, 6.07) is 3.42. The van der Waals surface area contributed by atoms with E-state index in [1.54, 1.807) is 36.8 Å². The SMILES string of the molecule is COc1cc(C(=O)N2CCCN(Cc3nnc(C)s3)CC2)ccn1. The lowest BCUT2D eigenvalue weighted by molar-refractivity contribution is 0.0760. The van der Waals surface area contributed by atoms with Crippen LogP contribution in [-0.4, -0.2) is 64.2 Å². The summed E-state index contributed by atoms with van der Waals surface area (Å²) in [5.74, 6) is 0.494. The minimum Gasteiger partial charge on any atom is -0.481 e. The zero-order valence-electron chi connectivity index (χ0n) is 13.9. The molecule has 0 bridgehead atoms. The van der Waals surface area contributed by atoms with Crippen molar-refractivity contribution < 1.29 is 9.53 Å². The van der Waals surface area contributed by atoms with Crippen molar-refractivity contribution in [2.24, 2.45) is 0 Å². The maximum Gasteiger partial charge on any atom is 0.254 e. The molecule has 1 fully saturated rings. The second kappa shape index (κ2) is 7.67. The van der Waals surface area contributed by atoms with Crippen LogP contribution in [-0.2, 0) is 6.54 Å². The van der Waals surface area contributed by atoms with Crippen LogP contribution in [0, 0.1) is 6.92 Å². The maximum atomic E-state index is 12.7. The Morgan fingerprint density at radius 3 is 2.92 bits per heavy atom. The average molecular weight is 347 g/mol. The molecular weight excluding hydrogens is 326 g/mol. The van der Waals surface area contributed by atoms with E-state index < -0.39 is 0 Å². The minimum atomic E-state index is 0.0318. The molecular formula is C16H21N5O2S. The molecule has 0 aromatic carbocycles. The minimum absolute atomic E-state index is 0.0318. The van der Waals surface area contributed by atoms with Gasteiger partial charge in [-0.3, -0.25) is 9.69 Å². The lowest BCUT2D eigenvalue weighted by Crippen LogP contribution is -2.35. The first-order valence-electron chi connectivity index (χ1n) is 7.96. The number of carbonyl (C=O) groups excluding carboxylic acids is 1. The Morgan fingerprint density at radius 1 is 1.29 bits per heavy atom. The Hall–Kier alpha value is -2.06. The number of rotatable bonds is 4. The summed E-state index contributed by atoms with van der Waals surface area (Å²) in [6.45, 7) is 6.04. The Balaban J connectivity index is 1.61. The van der Waals surface area contributed by atoms with Crippen LogP contribution in [0.4, 0.5) is 0 Å². The van der Waals surface area contributed by atoms with Crippen molar-refractivity contribution in [2.75, 3.05) is 33.3 Å². The smallest absolute Gasteiger partial charge is 0.254 e. The summed E-state index contributed by atoms with van der Waals surface area (Å²) in [6.07, 6.45) is 2.56. The van der Waals surface area contributed by atoms with Gasteiger partial charge in [0.05, 0.1) is 13.7 Å². The molecule has 0 unspecified atom stereocenters. The largest absolute Gasteiger partial charge is 0.481 e. The van der Waals surface area contributed by atoms with Crippen LogP contribution >= 0.6 is 11.3 Å². The first-order chi connectivity index (χ1) is 11.7.